The van der Waals surface area contributed by atoms with Crippen LogP contribution >= 0.6 is 0 Å². The fourth-order valence-electron chi connectivity index (χ4n) is 5.34. The molecule has 0 aromatic heterocycles. The molecule has 3 aromatic rings. The van der Waals surface area contributed by atoms with Gasteiger partial charge in [0, 0.05) is 18.4 Å². The Balaban J connectivity index is 1.18. The van der Waals surface area contributed by atoms with Crippen molar-refractivity contribution in [1.82, 2.24) is 4.90 Å². The summed E-state index contributed by atoms with van der Waals surface area (Å²) in [7, 11) is 0. The number of oxime groups is 1. The van der Waals surface area contributed by atoms with Crippen molar-refractivity contribution >= 4 is 17.9 Å². The van der Waals surface area contributed by atoms with Crippen LogP contribution in [0.1, 0.15) is 47.9 Å². The van der Waals surface area contributed by atoms with E-state index in [1.165, 1.54) is 21.6 Å². The number of hydrogen-bond acceptors (Lipinski definition) is 5. The van der Waals surface area contributed by atoms with Crippen LogP contribution in [-0.2, 0) is 20.8 Å². The van der Waals surface area contributed by atoms with Gasteiger partial charge >= 0.3 is 12.1 Å². The van der Waals surface area contributed by atoms with E-state index in [9.17, 15) is 9.59 Å². The second kappa shape index (κ2) is 11.1. The van der Waals surface area contributed by atoms with Gasteiger partial charge in [-0.05, 0) is 54.0 Å². The monoisotopic (exact) mass is 511 g/mol. The number of nitrogens with zero attached hydrogens (tertiary/aromatic N) is 2. The van der Waals surface area contributed by atoms with Crippen LogP contribution in [0.15, 0.2) is 78.0 Å². The summed E-state index contributed by atoms with van der Waals surface area (Å²) in [5.41, 5.74) is 13.0. The maximum absolute atomic E-state index is 13.0. The van der Waals surface area contributed by atoms with Gasteiger partial charge in [0.15, 0.2) is 0 Å². The van der Waals surface area contributed by atoms with Gasteiger partial charge in [0.05, 0.1) is 0 Å². The zero-order valence-corrected chi connectivity index (χ0v) is 21.8. The summed E-state index contributed by atoms with van der Waals surface area (Å²) in [5.74, 6) is -0.503. The van der Waals surface area contributed by atoms with E-state index in [0.717, 1.165) is 16.7 Å². The first-order valence-electron chi connectivity index (χ1n) is 13.1. The number of benzene rings is 3. The maximum atomic E-state index is 13.0. The number of amides is 1. The zero-order valence-electron chi connectivity index (χ0n) is 21.8. The largest absolute Gasteiger partial charge is 0.448 e. The van der Waals surface area contributed by atoms with Crippen molar-refractivity contribution < 1.29 is 19.2 Å². The van der Waals surface area contributed by atoms with Crippen LogP contribution in [0.4, 0.5) is 4.79 Å². The predicted molar refractivity (Wildman–Crippen MR) is 147 cm³/mol. The third-order valence-corrected chi connectivity index (χ3v) is 7.50. The standard InChI is InChI=1S/C31H33N3O4/c1-20-13-15-22(16-14-20)18-21(2)29(32)33-38-30(35)28-12-7-17-34(28)31(36)37-19-27-25-10-5-3-8-23(25)24-9-4-6-11-26(24)27/h3-6,8-11,13-16,21,27-28H,7,12,17-19H2,1-2H3,(H2,32,33)/t21-,28+/m0/s1. The van der Waals surface area contributed by atoms with Gasteiger partial charge < -0.3 is 15.3 Å². The second-order valence-corrected chi connectivity index (χ2v) is 10.2. The summed E-state index contributed by atoms with van der Waals surface area (Å²) < 4.78 is 5.76. The number of carbonyl (C=O) groups excluding carboxylic acids is 2. The van der Waals surface area contributed by atoms with Crippen molar-refractivity contribution in [3.05, 3.63) is 95.1 Å². The topological polar surface area (TPSA) is 94.2 Å². The average molecular weight is 512 g/mol. The van der Waals surface area contributed by atoms with Crippen LogP contribution in [-0.4, -0.2) is 42.0 Å². The summed E-state index contributed by atoms with van der Waals surface area (Å²) in [6, 6.07) is 23.8. The van der Waals surface area contributed by atoms with Gasteiger partial charge in [0.25, 0.3) is 0 Å². The molecule has 1 heterocycles. The lowest BCUT2D eigenvalue weighted by Gasteiger charge is -2.23. The molecule has 2 aliphatic rings. The molecule has 0 spiro atoms. The lowest BCUT2D eigenvalue weighted by atomic mass is 9.98. The molecule has 1 aliphatic heterocycles. The van der Waals surface area contributed by atoms with Crippen LogP contribution in [0, 0.1) is 12.8 Å². The number of rotatable bonds is 7. The van der Waals surface area contributed by atoms with Gasteiger partial charge in [-0.3, -0.25) is 4.90 Å². The Morgan fingerprint density at radius 3 is 2.29 bits per heavy atom. The highest BCUT2D eigenvalue weighted by Gasteiger charge is 2.38. The highest BCUT2D eigenvalue weighted by atomic mass is 16.7. The minimum atomic E-state index is -0.741. The summed E-state index contributed by atoms with van der Waals surface area (Å²) in [6.45, 7) is 4.61. The van der Waals surface area contributed by atoms with Gasteiger partial charge in [-0.2, -0.15) is 0 Å². The quantitative estimate of drug-likeness (QED) is 0.198. The summed E-state index contributed by atoms with van der Waals surface area (Å²) >= 11 is 0. The number of hydrogen-bond donors (Lipinski definition) is 1. The second-order valence-electron chi connectivity index (χ2n) is 10.2. The maximum Gasteiger partial charge on any atom is 0.410 e. The Morgan fingerprint density at radius 2 is 1.63 bits per heavy atom. The number of ether oxygens (including phenoxy) is 1. The van der Waals surface area contributed by atoms with Crippen molar-refractivity contribution in [3.8, 4) is 11.1 Å². The number of amidine groups is 1. The van der Waals surface area contributed by atoms with Crippen LogP contribution in [0.3, 0.4) is 0 Å². The molecule has 1 amide bonds. The summed E-state index contributed by atoms with van der Waals surface area (Å²) in [6.07, 6.45) is 1.35. The van der Waals surface area contributed by atoms with Crippen LogP contribution in [0.5, 0.6) is 0 Å². The van der Waals surface area contributed by atoms with E-state index >= 15 is 0 Å². The smallest absolute Gasteiger partial charge is 0.410 e. The van der Waals surface area contributed by atoms with Crippen molar-refractivity contribution in [2.75, 3.05) is 13.2 Å². The van der Waals surface area contributed by atoms with Gasteiger partial charge in [0.1, 0.15) is 18.5 Å². The van der Waals surface area contributed by atoms with Crippen molar-refractivity contribution in [2.45, 2.75) is 45.1 Å². The van der Waals surface area contributed by atoms with E-state index in [-0.39, 0.29) is 24.3 Å². The Hall–Kier alpha value is -4.13. The van der Waals surface area contributed by atoms with Gasteiger partial charge in [0.2, 0.25) is 0 Å². The van der Waals surface area contributed by atoms with Crippen LogP contribution in [0.2, 0.25) is 0 Å². The fraction of sp³-hybridized carbons (Fsp3) is 0.323. The minimum absolute atomic E-state index is 0.0428. The Morgan fingerprint density at radius 1 is 1.00 bits per heavy atom. The molecule has 3 aromatic carbocycles. The third-order valence-electron chi connectivity index (χ3n) is 7.50. The van der Waals surface area contributed by atoms with E-state index in [2.05, 4.69) is 41.6 Å². The van der Waals surface area contributed by atoms with Crippen molar-refractivity contribution in [2.24, 2.45) is 16.8 Å². The van der Waals surface area contributed by atoms with Crippen LogP contribution in [0.25, 0.3) is 11.1 Å². The fourth-order valence-corrected chi connectivity index (χ4v) is 5.34. The number of fused-ring (bicyclic) bond motifs is 3. The molecular formula is C31H33N3O4. The molecule has 7 heteroatoms. The summed E-state index contributed by atoms with van der Waals surface area (Å²) in [5, 5.41) is 3.90. The molecule has 0 radical (unpaired) electrons. The van der Waals surface area contributed by atoms with Crippen molar-refractivity contribution in [1.29, 1.82) is 0 Å². The molecule has 5 rings (SSSR count). The predicted octanol–water partition coefficient (Wildman–Crippen LogP) is 5.40. The van der Waals surface area contributed by atoms with Gasteiger partial charge in [-0.1, -0.05) is 90.4 Å². The first-order chi connectivity index (χ1) is 18.4. The summed E-state index contributed by atoms with van der Waals surface area (Å²) in [4.78, 5) is 32.5. The molecule has 1 aliphatic carbocycles. The average Bonchev–Trinajstić information content (AvgIpc) is 3.55. The SMILES string of the molecule is Cc1ccc(C[C@H](C)/C(N)=N/OC(=O)[C@H]2CCCN2C(=O)OCC2c3ccccc3-c3ccccc32)cc1. The molecule has 2 N–H and O–H groups in total. The van der Waals surface area contributed by atoms with E-state index in [1.807, 2.05) is 50.2 Å². The molecular weight excluding hydrogens is 478 g/mol. The van der Waals surface area contributed by atoms with Gasteiger partial charge in [-0.15, -0.1) is 0 Å². The van der Waals surface area contributed by atoms with E-state index in [1.54, 1.807) is 0 Å². The molecule has 0 saturated carbocycles. The number of aryl methyl sites for hydroxylation is 1. The molecule has 0 bridgehead atoms. The van der Waals surface area contributed by atoms with Crippen molar-refractivity contribution in [3.63, 3.8) is 0 Å². The third kappa shape index (κ3) is 5.28. The van der Waals surface area contributed by atoms with Gasteiger partial charge in [-0.25, -0.2) is 9.59 Å². The minimum Gasteiger partial charge on any atom is -0.448 e. The Kier molecular flexibility index (Phi) is 7.45. The molecule has 2 atom stereocenters. The molecule has 196 valence electrons. The normalized spacial score (nSPS) is 17.6. The van der Waals surface area contributed by atoms with E-state index in [0.29, 0.717) is 25.8 Å². The molecule has 1 fully saturated rings. The van der Waals surface area contributed by atoms with E-state index < -0.39 is 18.1 Å². The Labute approximate surface area is 223 Å². The molecule has 7 nitrogen and oxygen atoms in total. The lowest BCUT2D eigenvalue weighted by molar-refractivity contribution is -0.148. The highest BCUT2D eigenvalue weighted by Crippen LogP contribution is 2.44. The number of nitrogens with two attached hydrogens (primary N) is 1. The first kappa shape index (κ1) is 25.5. The highest BCUT2D eigenvalue weighted by molar-refractivity contribution is 5.85. The molecule has 1 saturated heterocycles. The van der Waals surface area contributed by atoms with Crippen LogP contribution < -0.4 is 5.73 Å². The lowest BCUT2D eigenvalue weighted by Crippen LogP contribution is -2.42. The molecule has 0 unspecified atom stereocenters. The first-order valence-corrected chi connectivity index (χ1v) is 13.1. The molecule has 38 heavy (non-hydrogen) atoms. The van der Waals surface area contributed by atoms with E-state index in [4.69, 9.17) is 15.3 Å². The number of carbonyl (C=O) groups is 2. The zero-order chi connectivity index (χ0) is 26.6. The Bertz CT molecular complexity index is 1310. The number of likely N-dealkylation sites (tertiary alicyclic amines) is 1.